The van der Waals surface area contributed by atoms with E-state index in [1.54, 1.807) is 0 Å². The highest BCUT2D eigenvalue weighted by molar-refractivity contribution is 5.85. The van der Waals surface area contributed by atoms with Crippen LogP contribution in [0, 0.1) is 6.92 Å². The molecule has 0 spiro atoms. The van der Waals surface area contributed by atoms with Crippen LogP contribution in [-0.2, 0) is 0 Å². The Morgan fingerprint density at radius 3 is 0.655 bits per heavy atom. The lowest BCUT2D eigenvalue weighted by Crippen LogP contribution is -1.90. The van der Waals surface area contributed by atoms with E-state index in [1.165, 1.54) is 94.6 Å². The lowest BCUT2D eigenvalue weighted by atomic mass is 9.90. The van der Waals surface area contributed by atoms with Crippen molar-refractivity contribution in [2.45, 2.75) is 6.92 Å². The molecule has 9 aromatic carbocycles. The van der Waals surface area contributed by atoms with Gasteiger partial charge in [-0.1, -0.05) is 188 Å². The van der Waals surface area contributed by atoms with Gasteiger partial charge in [-0.25, -0.2) is 0 Å². The van der Waals surface area contributed by atoms with E-state index in [9.17, 15) is 0 Å². The second kappa shape index (κ2) is 15.1. The number of hydrogen-bond acceptors (Lipinski definition) is 0. The third-order valence-electron chi connectivity index (χ3n) is 10.7. The van der Waals surface area contributed by atoms with Crippen molar-refractivity contribution in [3.05, 3.63) is 230 Å². The van der Waals surface area contributed by atoms with Gasteiger partial charge in [0.1, 0.15) is 0 Å². The summed E-state index contributed by atoms with van der Waals surface area (Å²) in [5.41, 5.74) is 20.8. The summed E-state index contributed by atoms with van der Waals surface area (Å²) in [5.74, 6) is 0. The molecule has 0 bridgehead atoms. The maximum atomic E-state index is 2.31. The fourth-order valence-corrected chi connectivity index (χ4v) is 7.72. The van der Waals surface area contributed by atoms with E-state index in [4.69, 9.17) is 0 Å². The van der Waals surface area contributed by atoms with Crippen molar-refractivity contribution in [1.82, 2.24) is 0 Å². The Labute approximate surface area is 324 Å². The first kappa shape index (κ1) is 33.8. The molecule has 0 aliphatic carbocycles. The molecule has 55 heavy (non-hydrogen) atoms. The molecular weight excluding hydrogens is 661 g/mol. The van der Waals surface area contributed by atoms with Crippen molar-refractivity contribution in [2.75, 3.05) is 0 Å². The highest BCUT2D eigenvalue weighted by atomic mass is 14.2. The SMILES string of the molecule is Cc1c(-c2ccc(-c3cc(-c4ccccc4)cc(-c4ccccc4)c3)cc2)cccc1-c1ccc(-c2cc(-c3ccccc3)cc(-c3ccccc3)c2)cc1. The molecule has 0 amide bonds. The quantitative estimate of drug-likeness (QED) is 0.148. The largest absolute Gasteiger partial charge is 0.0622 e. The van der Waals surface area contributed by atoms with Gasteiger partial charge in [0.15, 0.2) is 0 Å². The maximum absolute atomic E-state index is 2.31. The molecular formula is C55H40. The van der Waals surface area contributed by atoms with Crippen LogP contribution in [0.1, 0.15) is 5.56 Å². The Balaban J connectivity index is 1.03. The van der Waals surface area contributed by atoms with E-state index >= 15 is 0 Å². The van der Waals surface area contributed by atoms with E-state index in [1.807, 2.05) is 0 Å². The molecule has 0 aliphatic heterocycles. The topological polar surface area (TPSA) is 0 Å². The van der Waals surface area contributed by atoms with E-state index in [2.05, 4.69) is 231 Å². The minimum Gasteiger partial charge on any atom is -0.0622 e. The van der Waals surface area contributed by atoms with Crippen LogP contribution < -0.4 is 0 Å². The summed E-state index contributed by atoms with van der Waals surface area (Å²) in [4.78, 5) is 0. The Morgan fingerprint density at radius 2 is 0.400 bits per heavy atom. The van der Waals surface area contributed by atoms with Crippen LogP contribution in [0.2, 0.25) is 0 Å². The molecule has 9 aromatic rings. The van der Waals surface area contributed by atoms with Gasteiger partial charge in [-0.05, 0) is 138 Å². The molecule has 0 heteroatoms. The molecule has 0 heterocycles. The molecule has 0 radical (unpaired) electrons. The Morgan fingerprint density at radius 1 is 0.182 bits per heavy atom. The van der Waals surface area contributed by atoms with Gasteiger partial charge in [0.2, 0.25) is 0 Å². The zero-order chi connectivity index (χ0) is 37.0. The number of benzene rings is 9. The molecule has 0 saturated carbocycles. The summed E-state index contributed by atoms with van der Waals surface area (Å²) < 4.78 is 0. The van der Waals surface area contributed by atoms with Gasteiger partial charge < -0.3 is 0 Å². The lowest BCUT2D eigenvalue weighted by Gasteiger charge is -2.15. The Kier molecular flexibility index (Phi) is 9.31. The van der Waals surface area contributed by atoms with Crippen molar-refractivity contribution in [2.24, 2.45) is 0 Å². The third-order valence-corrected chi connectivity index (χ3v) is 10.7. The summed E-state index contributed by atoms with van der Waals surface area (Å²) in [5, 5.41) is 0. The maximum Gasteiger partial charge on any atom is -0.0149 e. The average Bonchev–Trinajstić information content (AvgIpc) is 3.27. The first-order valence-electron chi connectivity index (χ1n) is 19.0. The normalized spacial score (nSPS) is 11.0. The van der Waals surface area contributed by atoms with Crippen LogP contribution in [0.15, 0.2) is 224 Å². The summed E-state index contributed by atoms with van der Waals surface area (Å²) >= 11 is 0. The van der Waals surface area contributed by atoms with E-state index in [0.29, 0.717) is 0 Å². The van der Waals surface area contributed by atoms with Crippen molar-refractivity contribution in [3.63, 3.8) is 0 Å². The van der Waals surface area contributed by atoms with E-state index in [0.717, 1.165) is 0 Å². The smallest absolute Gasteiger partial charge is 0.0149 e. The molecule has 0 aromatic heterocycles. The Bertz CT molecular complexity index is 2390. The van der Waals surface area contributed by atoms with Gasteiger partial charge in [0.05, 0.1) is 0 Å². The monoisotopic (exact) mass is 700 g/mol. The zero-order valence-electron chi connectivity index (χ0n) is 30.9. The van der Waals surface area contributed by atoms with Gasteiger partial charge in [-0.3, -0.25) is 0 Å². The van der Waals surface area contributed by atoms with Gasteiger partial charge >= 0.3 is 0 Å². The molecule has 0 saturated heterocycles. The van der Waals surface area contributed by atoms with Gasteiger partial charge in [-0.2, -0.15) is 0 Å². The summed E-state index contributed by atoms with van der Waals surface area (Å²) in [6, 6.07) is 81.3. The molecule has 9 rings (SSSR count). The molecule has 0 N–H and O–H groups in total. The molecule has 0 fully saturated rings. The summed E-state index contributed by atoms with van der Waals surface area (Å²) in [6.45, 7) is 2.25. The van der Waals surface area contributed by atoms with E-state index in [-0.39, 0.29) is 0 Å². The van der Waals surface area contributed by atoms with E-state index < -0.39 is 0 Å². The highest BCUT2D eigenvalue weighted by Crippen LogP contribution is 2.38. The van der Waals surface area contributed by atoms with Crippen molar-refractivity contribution >= 4 is 0 Å². The third kappa shape index (κ3) is 7.19. The Hall–Kier alpha value is -7.02. The van der Waals surface area contributed by atoms with Crippen LogP contribution in [0.4, 0.5) is 0 Å². The van der Waals surface area contributed by atoms with Crippen LogP contribution in [0.5, 0.6) is 0 Å². The standard InChI is InChI=1S/C55H40/c1-39-54(46-29-25-44(26-30-46)52-35-48(40-15-6-2-7-16-40)33-49(36-52)41-17-8-3-9-18-41)23-14-24-55(39)47-31-27-45(28-32-47)53-37-50(42-19-10-4-11-20-42)34-51(38-53)43-21-12-5-13-22-43/h2-38H,1H3. The predicted molar refractivity (Wildman–Crippen MR) is 235 cm³/mol. The number of rotatable bonds is 8. The minimum absolute atomic E-state index is 1.20. The first-order chi connectivity index (χ1) is 27.2. The van der Waals surface area contributed by atoms with Gasteiger partial charge in [0.25, 0.3) is 0 Å². The zero-order valence-corrected chi connectivity index (χ0v) is 30.9. The minimum atomic E-state index is 1.20. The molecule has 0 nitrogen and oxygen atoms in total. The van der Waals surface area contributed by atoms with Crippen molar-refractivity contribution in [3.8, 4) is 89.0 Å². The van der Waals surface area contributed by atoms with Gasteiger partial charge in [-0.15, -0.1) is 0 Å². The molecule has 0 atom stereocenters. The van der Waals surface area contributed by atoms with Crippen LogP contribution >= 0.6 is 0 Å². The van der Waals surface area contributed by atoms with Crippen LogP contribution in [0.3, 0.4) is 0 Å². The molecule has 0 unspecified atom stereocenters. The van der Waals surface area contributed by atoms with Crippen LogP contribution in [0.25, 0.3) is 89.0 Å². The second-order valence-corrected chi connectivity index (χ2v) is 14.2. The summed E-state index contributed by atoms with van der Waals surface area (Å²) in [7, 11) is 0. The molecule has 260 valence electrons. The van der Waals surface area contributed by atoms with Crippen molar-refractivity contribution in [1.29, 1.82) is 0 Å². The number of hydrogen-bond donors (Lipinski definition) is 0. The fraction of sp³-hybridized carbons (Fsp3) is 0.0182. The highest BCUT2D eigenvalue weighted by Gasteiger charge is 2.12. The lowest BCUT2D eigenvalue weighted by molar-refractivity contribution is 1.44. The summed E-state index contributed by atoms with van der Waals surface area (Å²) in [6.07, 6.45) is 0. The molecule has 0 aliphatic rings. The van der Waals surface area contributed by atoms with Gasteiger partial charge in [0, 0.05) is 0 Å². The predicted octanol–water partition coefficient (Wildman–Crippen LogP) is 15.3. The average molecular weight is 701 g/mol. The van der Waals surface area contributed by atoms with Crippen LogP contribution in [-0.4, -0.2) is 0 Å². The fourth-order valence-electron chi connectivity index (χ4n) is 7.72. The second-order valence-electron chi connectivity index (χ2n) is 14.2. The van der Waals surface area contributed by atoms with Crippen molar-refractivity contribution < 1.29 is 0 Å². The first-order valence-corrected chi connectivity index (χ1v) is 19.0.